The molecule has 7 nitrogen and oxygen atoms in total. The van der Waals surface area contributed by atoms with Crippen LogP contribution < -0.4 is 15.2 Å². The molecule has 0 radical (unpaired) electrons. The molecule has 0 bridgehead atoms. The average molecular weight is 456 g/mol. The summed E-state index contributed by atoms with van der Waals surface area (Å²) in [5.74, 6) is -1.41. The average Bonchev–Trinajstić information content (AvgIpc) is 2.66. The number of anilines is 1. The normalized spacial score (nSPS) is 12.6. The van der Waals surface area contributed by atoms with Gasteiger partial charge in [0.05, 0.1) is 42.7 Å². The number of aliphatic imine (C=N–C) groups is 1. The third-order valence-electron chi connectivity index (χ3n) is 3.85. The Bertz CT molecular complexity index is 885. The van der Waals surface area contributed by atoms with Gasteiger partial charge in [0.15, 0.2) is 17.4 Å². The van der Waals surface area contributed by atoms with Crippen LogP contribution >= 0.6 is 15.9 Å². The molecule has 0 aliphatic carbocycles. The maximum atomic E-state index is 14.1. The largest absolute Gasteiger partial charge is 0.494 e. The molecule has 150 valence electrons. The SMILES string of the molecule is CCOc1cc(F)c(CN=C(Br)C(C)C(=N)c2ncc(OC)c(N)n2)c(F)c1. The highest BCUT2D eigenvalue weighted by atomic mass is 79.9. The second kappa shape index (κ2) is 9.54. The summed E-state index contributed by atoms with van der Waals surface area (Å²) >= 11 is 3.26. The molecular weight excluding hydrogens is 436 g/mol. The van der Waals surface area contributed by atoms with Crippen LogP contribution in [-0.2, 0) is 6.54 Å². The first-order valence-corrected chi connectivity index (χ1v) is 9.13. The highest BCUT2D eigenvalue weighted by Gasteiger charge is 2.20. The van der Waals surface area contributed by atoms with Crippen molar-refractivity contribution in [3.05, 3.63) is 41.4 Å². The van der Waals surface area contributed by atoms with Gasteiger partial charge < -0.3 is 20.6 Å². The molecule has 0 amide bonds. The van der Waals surface area contributed by atoms with Crippen LogP contribution in [0.15, 0.2) is 23.3 Å². The van der Waals surface area contributed by atoms with E-state index in [2.05, 4.69) is 30.9 Å². The van der Waals surface area contributed by atoms with Crippen LogP contribution in [0.5, 0.6) is 11.5 Å². The quantitative estimate of drug-likeness (QED) is 0.589. The zero-order valence-corrected chi connectivity index (χ0v) is 17.2. The minimum absolute atomic E-state index is 0.0395. The van der Waals surface area contributed by atoms with E-state index in [1.165, 1.54) is 13.3 Å². The summed E-state index contributed by atoms with van der Waals surface area (Å²) in [5.41, 5.74) is 5.59. The smallest absolute Gasteiger partial charge is 0.179 e. The van der Waals surface area contributed by atoms with Crippen molar-refractivity contribution in [1.29, 1.82) is 5.41 Å². The van der Waals surface area contributed by atoms with Crippen LogP contribution in [-0.4, -0.2) is 34.0 Å². The molecule has 1 aromatic heterocycles. The van der Waals surface area contributed by atoms with Crippen LogP contribution in [0.4, 0.5) is 14.6 Å². The number of nitrogens with two attached hydrogens (primary N) is 1. The van der Waals surface area contributed by atoms with E-state index in [9.17, 15) is 8.78 Å². The first-order chi connectivity index (χ1) is 13.3. The highest BCUT2D eigenvalue weighted by Crippen LogP contribution is 2.23. The summed E-state index contributed by atoms with van der Waals surface area (Å²) in [6.07, 6.45) is 1.37. The molecule has 28 heavy (non-hydrogen) atoms. The number of hydrogen-bond donors (Lipinski definition) is 2. The van der Waals surface area contributed by atoms with Gasteiger partial charge in [-0.05, 0) is 22.9 Å². The third kappa shape index (κ3) is 5.00. The number of nitrogens with one attached hydrogen (secondary N) is 1. The summed E-state index contributed by atoms with van der Waals surface area (Å²) in [6, 6.07) is 2.23. The third-order valence-corrected chi connectivity index (χ3v) is 4.79. The Hall–Kier alpha value is -2.62. The molecule has 0 aliphatic heterocycles. The summed E-state index contributed by atoms with van der Waals surface area (Å²) in [7, 11) is 1.44. The molecule has 1 atom stereocenters. The van der Waals surface area contributed by atoms with E-state index in [0.717, 1.165) is 12.1 Å². The van der Waals surface area contributed by atoms with Crippen molar-refractivity contribution in [1.82, 2.24) is 9.97 Å². The molecule has 1 unspecified atom stereocenters. The number of nitrogens with zero attached hydrogens (tertiary/aromatic N) is 3. The Labute approximate surface area is 169 Å². The predicted molar refractivity (Wildman–Crippen MR) is 107 cm³/mol. The molecule has 0 aliphatic rings. The maximum absolute atomic E-state index is 14.1. The molecule has 3 N–H and O–H groups in total. The van der Waals surface area contributed by atoms with E-state index < -0.39 is 17.6 Å². The number of nitrogen functional groups attached to an aromatic ring is 1. The molecule has 1 heterocycles. The lowest BCUT2D eigenvalue weighted by atomic mass is 10.1. The highest BCUT2D eigenvalue weighted by molar-refractivity contribution is 9.18. The van der Waals surface area contributed by atoms with Crippen molar-refractivity contribution in [3.63, 3.8) is 0 Å². The van der Waals surface area contributed by atoms with Crippen molar-refractivity contribution >= 4 is 32.1 Å². The Kier molecular flexibility index (Phi) is 7.38. The Morgan fingerprint density at radius 1 is 1.36 bits per heavy atom. The minimum atomic E-state index is -0.749. The first-order valence-electron chi connectivity index (χ1n) is 8.34. The molecule has 0 fully saturated rings. The fourth-order valence-electron chi connectivity index (χ4n) is 2.26. The second-order valence-electron chi connectivity index (χ2n) is 5.72. The number of rotatable bonds is 8. The molecule has 1 aromatic carbocycles. The summed E-state index contributed by atoms with van der Waals surface area (Å²) in [6.45, 7) is 3.47. The standard InChI is InChI=1S/C18H20BrF2N5O2/c1-4-28-10-5-12(20)11(13(21)6-10)7-24-16(19)9(2)15(22)18-25-8-14(27-3)17(23)26-18/h5-6,8-9,22H,4,7H2,1-3H3,(H2,23,25,26). The van der Waals surface area contributed by atoms with Gasteiger partial charge in [0, 0.05) is 17.7 Å². The van der Waals surface area contributed by atoms with Crippen molar-refractivity contribution in [3.8, 4) is 11.5 Å². The van der Waals surface area contributed by atoms with Crippen molar-refractivity contribution in [2.24, 2.45) is 10.9 Å². The zero-order valence-electron chi connectivity index (χ0n) is 15.6. The minimum Gasteiger partial charge on any atom is -0.494 e. The second-order valence-corrected chi connectivity index (χ2v) is 6.53. The molecule has 2 rings (SSSR count). The van der Waals surface area contributed by atoms with E-state index >= 15 is 0 Å². The van der Waals surface area contributed by atoms with E-state index in [1.54, 1.807) is 13.8 Å². The fraction of sp³-hybridized carbons (Fsp3) is 0.333. The fourth-order valence-corrected chi connectivity index (χ4v) is 2.61. The van der Waals surface area contributed by atoms with Gasteiger partial charge in [-0.25, -0.2) is 18.7 Å². The maximum Gasteiger partial charge on any atom is 0.179 e. The summed E-state index contributed by atoms with van der Waals surface area (Å²) in [4.78, 5) is 12.2. The van der Waals surface area contributed by atoms with Gasteiger partial charge in [-0.15, -0.1) is 0 Å². The van der Waals surface area contributed by atoms with Gasteiger partial charge in [-0.1, -0.05) is 6.92 Å². The molecule has 0 saturated heterocycles. The number of hydrogen-bond acceptors (Lipinski definition) is 7. The van der Waals surface area contributed by atoms with Gasteiger partial charge >= 0.3 is 0 Å². The lowest BCUT2D eigenvalue weighted by Crippen LogP contribution is -2.20. The number of methoxy groups -OCH3 is 1. The molecule has 0 saturated carbocycles. The number of aromatic nitrogens is 2. The van der Waals surface area contributed by atoms with Gasteiger partial charge in [0.25, 0.3) is 0 Å². The zero-order chi connectivity index (χ0) is 20.8. The van der Waals surface area contributed by atoms with E-state index in [0.29, 0.717) is 17.0 Å². The first kappa shape index (κ1) is 21.7. The van der Waals surface area contributed by atoms with Gasteiger partial charge in [0.1, 0.15) is 17.4 Å². The van der Waals surface area contributed by atoms with Crippen LogP contribution in [0.2, 0.25) is 0 Å². The van der Waals surface area contributed by atoms with Crippen LogP contribution in [0.3, 0.4) is 0 Å². The Morgan fingerprint density at radius 3 is 2.54 bits per heavy atom. The predicted octanol–water partition coefficient (Wildman–Crippen LogP) is 3.74. The molecule has 2 aromatic rings. The van der Waals surface area contributed by atoms with Gasteiger partial charge in [-0.2, -0.15) is 0 Å². The number of ether oxygens (including phenoxy) is 2. The van der Waals surface area contributed by atoms with Gasteiger partial charge in [-0.3, -0.25) is 4.99 Å². The lowest BCUT2D eigenvalue weighted by Gasteiger charge is -2.12. The van der Waals surface area contributed by atoms with Gasteiger partial charge in [0.2, 0.25) is 0 Å². The number of halogens is 3. The topological polar surface area (TPSA) is 106 Å². The number of benzene rings is 1. The molecular formula is C18H20BrF2N5O2. The Morgan fingerprint density at radius 2 is 2.00 bits per heavy atom. The van der Waals surface area contributed by atoms with E-state index in [1.807, 2.05) is 0 Å². The Balaban J connectivity index is 2.16. The molecule has 0 spiro atoms. The van der Waals surface area contributed by atoms with E-state index in [4.69, 9.17) is 20.6 Å². The lowest BCUT2D eigenvalue weighted by molar-refractivity contribution is 0.335. The van der Waals surface area contributed by atoms with Crippen LogP contribution in [0, 0.1) is 23.0 Å². The summed E-state index contributed by atoms with van der Waals surface area (Å²) in [5, 5.41) is 8.24. The van der Waals surface area contributed by atoms with Crippen LogP contribution in [0.25, 0.3) is 0 Å². The van der Waals surface area contributed by atoms with E-state index in [-0.39, 0.29) is 35.2 Å². The monoisotopic (exact) mass is 455 g/mol. The van der Waals surface area contributed by atoms with Crippen molar-refractivity contribution in [2.45, 2.75) is 20.4 Å². The van der Waals surface area contributed by atoms with Crippen molar-refractivity contribution < 1.29 is 18.3 Å². The summed E-state index contributed by atoms with van der Waals surface area (Å²) < 4.78 is 38.7. The van der Waals surface area contributed by atoms with Crippen molar-refractivity contribution in [2.75, 3.05) is 19.5 Å². The van der Waals surface area contributed by atoms with Crippen LogP contribution in [0.1, 0.15) is 25.2 Å². The molecule has 10 heteroatoms.